The lowest BCUT2D eigenvalue weighted by Crippen LogP contribution is -2.39. The lowest BCUT2D eigenvalue weighted by Gasteiger charge is -2.26. The summed E-state index contributed by atoms with van der Waals surface area (Å²) in [5.41, 5.74) is 7.06. The maximum atomic E-state index is 8.72. The van der Waals surface area contributed by atoms with Crippen LogP contribution in [0.25, 0.3) is 0 Å². The van der Waals surface area contributed by atoms with Gasteiger partial charge in [0.1, 0.15) is 0 Å². The minimum atomic E-state index is -0.156. The zero-order valence-electron chi connectivity index (χ0n) is 8.84. The predicted molar refractivity (Wildman–Crippen MR) is 65.6 cm³/mol. The maximum absolute atomic E-state index is 8.72. The van der Waals surface area contributed by atoms with Crippen LogP contribution in [0.1, 0.15) is 19.4 Å². The third-order valence-corrected chi connectivity index (χ3v) is 2.74. The second-order valence-corrected chi connectivity index (χ2v) is 4.87. The van der Waals surface area contributed by atoms with Crippen LogP contribution in [-0.2, 0) is 0 Å². The van der Waals surface area contributed by atoms with E-state index in [9.17, 15) is 0 Å². The first-order chi connectivity index (χ1) is 6.98. The molecule has 15 heavy (non-hydrogen) atoms. The van der Waals surface area contributed by atoms with Gasteiger partial charge in [-0.2, -0.15) is 5.26 Å². The fourth-order valence-electron chi connectivity index (χ4n) is 1.10. The summed E-state index contributed by atoms with van der Waals surface area (Å²) in [5, 5.41) is 12.0. The van der Waals surface area contributed by atoms with Gasteiger partial charge < -0.3 is 11.1 Å². The fourth-order valence-corrected chi connectivity index (χ4v) is 1.58. The molecule has 0 saturated carbocycles. The molecule has 80 valence electrons. The molecule has 0 aliphatic rings. The Balaban J connectivity index is 2.93. The van der Waals surface area contributed by atoms with E-state index in [0.717, 1.165) is 10.2 Å². The van der Waals surface area contributed by atoms with Crippen molar-refractivity contribution in [2.24, 2.45) is 5.73 Å². The smallest absolute Gasteiger partial charge is 0.0992 e. The molecular weight excluding hydrogens is 254 g/mol. The van der Waals surface area contributed by atoms with Crippen LogP contribution in [0.15, 0.2) is 22.7 Å². The standard InChI is InChI=1S/C11H14BrN3/c1-11(2,7-14)15-10-4-3-8(6-13)5-9(10)12/h3-5,15H,7,14H2,1-2H3. The zero-order valence-corrected chi connectivity index (χ0v) is 10.4. The minimum Gasteiger partial charge on any atom is -0.378 e. The van der Waals surface area contributed by atoms with Gasteiger partial charge in [0.2, 0.25) is 0 Å². The Morgan fingerprint density at radius 2 is 2.20 bits per heavy atom. The summed E-state index contributed by atoms with van der Waals surface area (Å²) in [6.45, 7) is 4.59. The van der Waals surface area contributed by atoms with Crippen molar-refractivity contribution in [3.63, 3.8) is 0 Å². The average molecular weight is 268 g/mol. The number of nitrogens with one attached hydrogen (secondary N) is 1. The first-order valence-electron chi connectivity index (χ1n) is 4.66. The van der Waals surface area contributed by atoms with Gasteiger partial charge in [-0.15, -0.1) is 0 Å². The SMILES string of the molecule is CC(C)(CN)Nc1ccc(C#N)cc1Br. The van der Waals surface area contributed by atoms with E-state index < -0.39 is 0 Å². The molecule has 0 heterocycles. The third kappa shape index (κ3) is 3.22. The molecule has 3 N–H and O–H groups in total. The molecule has 1 rings (SSSR count). The molecule has 0 radical (unpaired) electrons. The molecule has 0 bridgehead atoms. The molecule has 0 aliphatic carbocycles. The molecular formula is C11H14BrN3. The van der Waals surface area contributed by atoms with Crippen LogP contribution in [0.3, 0.4) is 0 Å². The summed E-state index contributed by atoms with van der Waals surface area (Å²) in [7, 11) is 0. The van der Waals surface area contributed by atoms with E-state index in [-0.39, 0.29) is 5.54 Å². The number of anilines is 1. The highest BCUT2D eigenvalue weighted by atomic mass is 79.9. The van der Waals surface area contributed by atoms with E-state index in [4.69, 9.17) is 11.0 Å². The number of benzene rings is 1. The topological polar surface area (TPSA) is 61.8 Å². The fraction of sp³-hybridized carbons (Fsp3) is 0.364. The van der Waals surface area contributed by atoms with Gasteiger partial charge in [0.05, 0.1) is 11.6 Å². The zero-order chi connectivity index (χ0) is 11.5. The van der Waals surface area contributed by atoms with Crippen LogP contribution < -0.4 is 11.1 Å². The number of hydrogen-bond donors (Lipinski definition) is 2. The van der Waals surface area contributed by atoms with Gasteiger partial charge in [0.25, 0.3) is 0 Å². The molecule has 1 aromatic carbocycles. The minimum absolute atomic E-state index is 0.156. The normalized spacial score (nSPS) is 10.9. The number of rotatable bonds is 3. The van der Waals surface area contributed by atoms with E-state index in [2.05, 4.69) is 27.3 Å². The van der Waals surface area contributed by atoms with Gasteiger partial charge in [0, 0.05) is 22.2 Å². The molecule has 4 heteroatoms. The predicted octanol–water partition coefficient (Wildman–Crippen LogP) is 2.47. The van der Waals surface area contributed by atoms with Crippen molar-refractivity contribution in [1.82, 2.24) is 0 Å². The van der Waals surface area contributed by atoms with Crippen LogP contribution in [0.2, 0.25) is 0 Å². The van der Waals surface area contributed by atoms with Gasteiger partial charge in [-0.25, -0.2) is 0 Å². The highest BCUT2D eigenvalue weighted by molar-refractivity contribution is 9.10. The summed E-state index contributed by atoms with van der Waals surface area (Å²) in [4.78, 5) is 0. The van der Waals surface area contributed by atoms with E-state index in [1.165, 1.54) is 0 Å². The van der Waals surface area contributed by atoms with E-state index in [0.29, 0.717) is 12.1 Å². The van der Waals surface area contributed by atoms with Crippen molar-refractivity contribution >= 4 is 21.6 Å². The molecule has 0 aromatic heterocycles. The van der Waals surface area contributed by atoms with Gasteiger partial charge in [0.15, 0.2) is 0 Å². The Kier molecular flexibility index (Phi) is 3.72. The monoisotopic (exact) mass is 267 g/mol. The summed E-state index contributed by atoms with van der Waals surface area (Å²) < 4.78 is 0.878. The number of halogens is 1. The second-order valence-electron chi connectivity index (χ2n) is 4.02. The lowest BCUT2D eigenvalue weighted by atomic mass is 10.1. The number of nitrogens with two attached hydrogens (primary N) is 1. The van der Waals surface area contributed by atoms with Gasteiger partial charge in [-0.1, -0.05) is 0 Å². The summed E-state index contributed by atoms with van der Waals surface area (Å²) in [6, 6.07) is 7.53. The average Bonchev–Trinajstić information content (AvgIpc) is 2.21. The first-order valence-corrected chi connectivity index (χ1v) is 5.46. The molecule has 0 spiro atoms. The Hall–Kier alpha value is -1.05. The Morgan fingerprint density at radius 3 is 2.67 bits per heavy atom. The van der Waals surface area contributed by atoms with Crippen molar-refractivity contribution in [2.75, 3.05) is 11.9 Å². The van der Waals surface area contributed by atoms with E-state index in [1.54, 1.807) is 12.1 Å². The van der Waals surface area contributed by atoms with Crippen LogP contribution in [-0.4, -0.2) is 12.1 Å². The van der Waals surface area contributed by atoms with Crippen molar-refractivity contribution in [1.29, 1.82) is 5.26 Å². The molecule has 0 saturated heterocycles. The summed E-state index contributed by atoms with van der Waals surface area (Å²) in [5.74, 6) is 0. The first kappa shape index (κ1) is 12.0. The maximum Gasteiger partial charge on any atom is 0.0992 e. The molecule has 0 amide bonds. The van der Waals surface area contributed by atoms with Gasteiger partial charge in [-0.05, 0) is 48.0 Å². The van der Waals surface area contributed by atoms with Crippen molar-refractivity contribution < 1.29 is 0 Å². The van der Waals surface area contributed by atoms with Crippen LogP contribution in [0.4, 0.5) is 5.69 Å². The largest absolute Gasteiger partial charge is 0.378 e. The van der Waals surface area contributed by atoms with Crippen molar-refractivity contribution in [3.8, 4) is 6.07 Å². The third-order valence-electron chi connectivity index (χ3n) is 2.08. The Bertz CT molecular complexity index is 393. The Labute approximate surface area is 98.4 Å². The Morgan fingerprint density at radius 1 is 1.53 bits per heavy atom. The number of nitriles is 1. The van der Waals surface area contributed by atoms with Gasteiger partial charge in [-0.3, -0.25) is 0 Å². The molecule has 1 aromatic rings. The van der Waals surface area contributed by atoms with Crippen molar-refractivity contribution in [2.45, 2.75) is 19.4 Å². The highest BCUT2D eigenvalue weighted by Crippen LogP contribution is 2.25. The quantitative estimate of drug-likeness (QED) is 0.885. The molecule has 0 unspecified atom stereocenters. The van der Waals surface area contributed by atoms with Crippen LogP contribution in [0, 0.1) is 11.3 Å². The lowest BCUT2D eigenvalue weighted by molar-refractivity contribution is 0.580. The van der Waals surface area contributed by atoms with E-state index >= 15 is 0 Å². The summed E-state index contributed by atoms with van der Waals surface area (Å²) >= 11 is 3.42. The van der Waals surface area contributed by atoms with Crippen molar-refractivity contribution in [3.05, 3.63) is 28.2 Å². The number of hydrogen-bond acceptors (Lipinski definition) is 3. The second kappa shape index (κ2) is 4.65. The summed E-state index contributed by atoms with van der Waals surface area (Å²) in [6.07, 6.45) is 0. The molecule has 0 atom stereocenters. The molecule has 0 fully saturated rings. The van der Waals surface area contributed by atoms with Crippen LogP contribution >= 0.6 is 15.9 Å². The molecule has 0 aliphatic heterocycles. The van der Waals surface area contributed by atoms with Gasteiger partial charge >= 0.3 is 0 Å². The molecule has 3 nitrogen and oxygen atoms in total. The van der Waals surface area contributed by atoms with Crippen LogP contribution in [0.5, 0.6) is 0 Å². The number of nitrogens with zero attached hydrogens (tertiary/aromatic N) is 1. The highest BCUT2D eigenvalue weighted by Gasteiger charge is 2.15. The van der Waals surface area contributed by atoms with E-state index in [1.807, 2.05) is 19.9 Å².